The van der Waals surface area contributed by atoms with E-state index in [9.17, 15) is 22.9 Å². The zero-order chi connectivity index (χ0) is 21.9. The first kappa shape index (κ1) is 20.9. The lowest BCUT2D eigenvalue weighted by Crippen LogP contribution is -2.23. The molecule has 0 spiro atoms. The van der Waals surface area contributed by atoms with Crippen molar-refractivity contribution in [3.8, 4) is 17.3 Å². The topological polar surface area (TPSA) is 125 Å². The Balaban J connectivity index is 2.23. The SMILES string of the molecule is N#Cc1ncccc1-c1c(F)c(CCNC(=O)O)cn1S(=O)(=O)c1cccc(F)c1. The van der Waals surface area contributed by atoms with E-state index < -0.39 is 38.3 Å². The van der Waals surface area contributed by atoms with Crippen LogP contribution in [0.3, 0.4) is 0 Å². The largest absolute Gasteiger partial charge is 0.465 e. The van der Waals surface area contributed by atoms with Gasteiger partial charge in [0, 0.05) is 30.1 Å². The minimum atomic E-state index is -4.45. The summed E-state index contributed by atoms with van der Waals surface area (Å²) in [6.07, 6.45) is 0.814. The highest BCUT2D eigenvalue weighted by Crippen LogP contribution is 2.32. The Kier molecular flexibility index (Phi) is 5.79. The Morgan fingerprint density at radius 1 is 1.27 bits per heavy atom. The third kappa shape index (κ3) is 3.99. The average molecular weight is 432 g/mol. The Morgan fingerprint density at radius 2 is 2.03 bits per heavy atom. The molecule has 0 saturated carbocycles. The Hall–Kier alpha value is -3.78. The zero-order valence-corrected chi connectivity index (χ0v) is 16.0. The molecule has 3 rings (SSSR count). The Labute approximate surface area is 170 Å². The monoisotopic (exact) mass is 432 g/mol. The summed E-state index contributed by atoms with van der Waals surface area (Å²) in [5.41, 5.74) is -0.837. The summed E-state index contributed by atoms with van der Waals surface area (Å²) >= 11 is 0. The van der Waals surface area contributed by atoms with Gasteiger partial charge in [-0.25, -0.2) is 30.9 Å². The number of carbonyl (C=O) groups is 1. The van der Waals surface area contributed by atoms with E-state index >= 15 is 4.39 Å². The minimum Gasteiger partial charge on any atom is -0.465 e. The molecular weight excluding hydrogens is 418 g/mol. The first-order chi connectivity index (χ1) is 14.3. The number of benzene rings is 1. The number of hydrogen-bond donors (Lipinski definition) is 2. The minimum absolute atomic E-state index is 0.0741. The summed E-state index contributed by atoms with van der Waals surface area (Å²) in [7, 11) is -4.45. The predicted octanol–water partition coefficient (Wildman–Crippen LogP) is 2.75. The molecule has 0 aliphatic carbocycles. The standard InChI is InChI=1S/C19H14F2N4O4S/c20-13-3-1-4-14(9-13)30(28,29)25-11-12(6-8-24-19(26)27)17(21)18(25)15-5-2-7-23-16(15)10-22/h1-5,7,9,11,24H,6,8H2,(H,26,27). The van der Waals surface area contributed by atoms with Gasteiger partial charge in [-0.05, 0) is 36.8 Å². The van der Waals surface area contributed by atoms with Crippen LogP contribution < -0.4 is 5.32 Å². The van der Waals surface area contributed by atoms with Gasteiger partial charge >= 0.3 is 6.09 Å². The zero-order valence-electron chi connectivity index (χ0n) is 15.2. The summed E-state index contributed by atoms with van der Waals surface area (Å²) in [5, 5.41) is 20.1. The molecule has 3 aromatic rings. The van der Waals surface area contributed by atoms with E-state index in [-0.39, 0.29) is 29.8 Å². The van der Waals surface area contributed by atoms with Gasteiger partial charge in [-0.2, -0.15) is 5.26 Å². The van der Waals surface area contributed by atoms with Crippen LogP contribution in [-0.4, -0.2) is 35.1 Å². The van der Waals surface area contributed by atoms with E-state index in [0.717, 1.165) is 24.4 Å². The van der Waals surface area contributed by atoms with Crippen molar-refractivity contribution in [2.24, 2.45) is 0 Å². The maximum atomic E-state index is 15.3. The molecule has 0 aliphatic heterocycles. The summed E-state index contributed by atoms with van der Waals surface area (Å²) in [6, 6.07) is 8.73. The van der Waals surface area contributed by atoms with Gasteiger partial charge in [0.2, 0.25) is 0 Å². The quantitative estimate of drug-likeness (QED) is 0.617. The predicted molar refractivity (Wildman–Crippen MR) is 101 cm³/mol. The van der Waals surface area contributed by atoms with Crippen LogP contribution in [0.2, 0.25) is 0 Å². The van der Waals surface area contributed by atoms with Crippen molar-refractivity contribution in [3.05, 3.63) is 71.7 Å². The first-order valence-corrected chi connectivity index (χ1v) is 9.93. The highest BCUT2D eigenvalue weighted by Gasteiger charge is 2.28. The van der Waals surface area contributed by atoms with Crippen LogP contribution in [-0.2, 0) is 16.4 Å². The second-order valence-corrected chi connectivity index (χ2v) is 7.88. The third-order valence-electron chi connectivity index (χ3n) is 4.18. The van der Waals surface area contributed by atoms with Gasteiger partial charge in [-0.15, -0.1) is 0 Å². The normalized spacial score (nSPS) is 11.1. The number of hydrogen-bond acceptors (Lipinski definition) is 5. The van der Waals surface area contributed by atoms with Gasteiger partial charge in [0.15, 0.2) is 5.82 Å². The summed E-state index contributed by atoms with van der Waals surface area (Å²) < 4.78 is 55.8. The summed E-state index contributed by atoms with van der Waals surface area (Å²) in [6.45, 7) is -0.173. The fourth-order valence-corrected chi connectivity index (χ4v) is 4.27. The highest BCUT2D eigenvalue weighted by molar-refractivity contribution is 7.90. The molecule has 30 heavy (non-hydrogen) atoms. The second kappa shape index (κ2) is 8.30. The number of carboxylic acid groups (broad SMARTS) is 1. The summed E-state index contributed by atoms with van der Waals surface area (Å²) in [5.74, 6) is -1.75. The van der Waals surface area contributed by atoms with Crippen molar-refractivity contribution in [3.63, 3.8) is 0 Å². The maximum Gasteiger partial charge on any atom is 0.404 e. The smallest absolute Gasteiger partial charge is 0.404 e. The van der Waals surface area contributed by atoms with E-state index in [1.165, 1.54) is 24.4 Å². The van der Waals surface area contributed by atoms with Crippen molar-refractivity contribution in [1.29, 1.82) is 5.26 Å². The lowest BCUT2D eigenvalue weighted by atomic mass is 10.1. The molecule has 8 nitrogen and oxygen atoms in total. The molecule has 0 aliphatic rings. The molecule has 0 fully saturated rings. The van der Waals surface area contributed by atoms with Crippen molar-refractivity contribution in [2.45, 2.75) is 11.3 Å². The molecule has 2 N–H and O–H groups in total. The highest BCUT2D eigenvalue weighted by atomic mass is 32.2. The van der Waals surface area contributed by atoms with Crippen molar-refractivity contribution in [2.75, 3.05) is 6.54 Å². The molecule has 11 heteroatoms. The van der Waals surface area contributed by atoms with E-state index in [1.54, 1.807) is 6.07 Å². The number of nitrogens with zero attached hydrogens (tertiary/aromatic N) is 3. The molecule has 1 amide bonds. The van der Waals surface area contributed by atoms with Gasteiger partial charge in [0.05, 0.1) is 4.90 Å². The number of halogens is 2. The van der Waals surface area contributed by atoms with E-state index in [0.29, 0.717) is 3.97 Å². The van der Waals surface area contributed by atoms with Crippen LogP contribution in [0, 0.1) is 23.0 Å². The Morgan fingerprint density at radius 3 is 2.70 bits per heavy atom. The van der Waals surface area contributed by atoms with Gasteiger partial charge in [0.25, 0.3) is 10.0 Å². The number of rotatable bonds is 6. The molecule has 2 aromatic heterocycles. The number of pyridine rings is 1. The molecule has 0 radical (unpaired) electrons. The molecule has 0 unspecified atom stereocenters. The maximum absolute atomic E-state index is 15.3. The molecule has 154 valence electrons. The van der Waals surface area contributed by atoms with E-state index in [4.69, 9.17) is 5.11 Å². The fraction of sp³-hybridized carbons (Fsp3) is 0.105. The van der Waals surface area contributed by atoms with Crippen LogP contribution in [0.4, 0.5) is 13.6 Å². The molecule has 0 saturated heterocycles. The number of aromatic nitrogens is 2. The second-order valence-electron chi connectivity index (χ2n) is 6.07. The van der Waals surface area contributed by atoms with Crippen molar-refractivity contribution < 1.29 is 27.1 Å². The van der Waals surface area contributed by atoms with Crippen LogP contribution >= 0.6 is 0 Å². The lowest BCUT2D eigenvalue weighted by molar-refractivity contribution is 0.194. The molecule has 2 heterocycles. The van der Waals surface area contributed by atoms with Gasteiger partial charge in [-0.1, -0.05) is 6.07 Å². The van der Waals surface area contributed by atoms with Crippen LogP contribution in [0.1, 0.15) is 11.3 Å². The van der Waals surface area contributed by atoms with Gasteiger partial charge in [0.1, 0.15) is 23.3 Å². The summed E-state index contributed by atoms with van der Waals surface area (Å²) in [4.78, 5) is 14.1. The van der Waals surface area contributed by atoms with E-state index in [1.807, 2.05) is 0 Å². The van der Waals surface area contributed by atoms with Crippen molar-refractivity contribution in [1.82, 2.24) is 14.3 Å². The van der Waals surface area contributed by atoms with Crippen molar-refractivity contribution >= 4 is 16.1 Å². The lowest BCUT2D eigenvalue weighted by Gasteiger charge is -2.11. The van der Waals surface area contributed by atoms with Gasteiger partial charge in [-0.3, -0.25) is 0 Å². The average Bonchev–Trinajstić information content (AvgIpc) is 3.04. The van der Waals surface area contributed by atoms with Crippen LogP contribution in [0.5, 0.6) is 0 Å². The third-order valence-corrected chi connectivity index (χ3v) is 5.83. The molecule has 1 aromatic carbocycles. The van der Waals surface area contributed by atoms with Gasteiger partial charge < -0.3 is 10.4 Å². The molecule has 0 atom stereocenters. The van der Waals surface area contributed by atoms with Crippen LogP contribution in [0.15, 0.2) is 53.7 Å². The fourth-order valence-electron chi connectivity index (χ4n) is 2.84. The number of amides is 1. The molecule has 0 bridgehead atoms. The van der Waals surface area contributed by atoms with Crippen LogP contribution in [0.25, 0.3) is 11.3 Å². The molecular formula is C19H14F2N4O4S. The van der Waals surface area contributed by atoms with E-state index in [2.05, 4.69) is 10.3 Å². The number of nitriles is 1. The first-order valence-electron chi connectivity index (χ1n) is 8.49. The Bertz CT molecular complexity index is 1270. The number of nitrogens with one attached hydrogen (secondary N) is 1.